The number of aryl methyl sites for hydroxylation is 2. The number of aromatic nitrogens is 2. The molecule has 0 spiro atoms. The van der Waals surface area contributed by atoms with E-state index < -0.39 is 11.0 Å². The molecule has 0 radical (unpaired) electrons. The summed E-state index contributed by atoms with van der Waals surface area (Å²) in [7, 11) is -1.00. The maximum absolute atomic E-state index is 12.5. The first kappa shape index (κ1) is 16.3. The van der Waals surface area contributed by atoms with Crippen LogP contribution in [-0.4, -0.2) is 50.0 Å². The van der Waals surface area contributed by atoms with Gasteiger partial charge in [-0.25, -0.2) is 8.51 Å². The van der Waals surface area contributed by atoms with Gasteiger partial charge >= 0.3 is 0 Å². The first-order valence-corrected chi connectivity index (χ1v) is 9.62. The molecule has 1 saturated heterocycles. The number of fused-ring (bicyclic) bond motifs is 1. The Balaban J connectivity index is 1.83. The predicted octanol–water partition coefficient (Wildman–Crippen LogP) is 0.988. The van der Waals surface area contributed by atoms with E-state index in [0.29, 0.717) is 21.9 Å². The fourth-order valence-corrected chi connectivity index (χ4v) is 4.50. The van der Waals surface area contributed by atoms with Crippen LogP contribution in [0, 0.1) is 13.8 Å². The quantitative estimate of drug-likeness (QED) is 0.857. The van der Waals surface area contributed by atoms with Crippen LogP contribution < -0.4 is 11.1 Å². The largest absolute Gasteiger partial charge is 0.397 e. The molecule has 1 aliphatic heterocycles. The lowest BCUT2D eigenvalue weighted by molar-refractivity contribution is 0.0944. The van der Waals surface area contributed by atoms with Crippen molar-refractivity contribution < 1.29 is 9.00 Å². The second-order valence-electron chi connectivity index (χ2n) is 5.71. The smallest absolute Gasteiger partial charge is 0.263 e. The van der Waals surface area contributed by atoms with Crippen LogP contribution in [0.3, 0.4) is 0 Å². The number of thiophene rings is 1. The molecule has 0 saturated carbocycles. The number of carbonyl (C=O) groups excluding carboxylic acids is 1. The number of carbonyl (C=O) groups is 1. The highest BCUT2D eigenvalue weighted by atomic mass is 32.2. The van der Waals surface area contributed by atoms with E-state index in [2.05, 4.69) is 15.5 Å². The first-order chi connectivity index (χ1) is 10.9. The van der Waals surface area contributed by atoms with Crippen LogP contribution in [0.25, 0.3) is 10.2 Å². The van der Waals surface area contributed by atoms with E-state index in [1.54, 1.807) is 6.26 Å². The molecule has 124 valence electrons. The summed E-state index contributed by atoms with van der Waals surface area (Å²) in [6, 6.07) is -0.00932. The Kier molecular flexibility index (Phi) is 4.35. The number of anilines is 1. The zero-order valence-electron chi connectivity index (χ0n) is 13.3. The lowest BCUT2D eigenvalue weighted by Gasteiger charge is -2.13. The summed E-state index contributed by atoms with van der Waals surface area (Å²) >= 11 is 1.26. The molecule has 9 heteroatoms. The van der Waals surface area contributed by atoms with Crippen molar-refractivity contribution in [2.45, 2.75) is 26.3 Å². The van der Waals surface area contributed by atoms with Gasteiger partial charge in [-0.15, -0.1) is 16.4 Å². The SMILES string of the molecule is Cc1nnc2sc(C(=O)NC3CCN(S(C)=O)C3)c(N)c2c1C. The Bertz CT molecular complexity index is 804. The van der Waals surface area contributed by atoms with E-state index in [9.17, 15) is 9.00 Å². The molecular formula is C14H19N5O2S2. The summed E-state index contributed by atoms with van der Waals surface area (Å²) in [5.41, 5.74) is 8.41. The van der Waals surface area contributed by atoms with Crippen LogP contribution in [0.2, 0.25) is 0 Å². The van der Waals surface area contributed by atoms with Crippen molar-refractivity contribution in [1.29, 1.82) is 0 Å². The molecule has 1 fully saturated rings. The maximum atomic E-state index is 12.5. The molecule has 3 rings (SSSR count). The Morgan fingerprint density at radius 2 is 2.17 bits per heavy atom. The van der Waals surface area contributed by atoms with Crippen molar-refractivity contribution in [2.75, 3.05) is 25.1 Å². The molecule has 3 heterocycles. The van der Waals surface area contributed by atoms with Crippen LogP contribution in [0.5, 0.6) is 0 Å². The molecule has 3 N–H and O–H groups in total. The van der Waals surface area contributed by atoms with Gasteiger partial charge in [-0.2, -0.15) is 5.10 Å². The molecule has 1 amide bonds. The Morgan fingerprint density at radius 3 is 2.83 bits per heavy atom. The molecular weight excluding hydrogens is 334 g/mol. The zero-order chi connectivity index (χ0) is 16.7. The van der Waals surface area contributed by atoms with E-state index in [4.69, 9.17) is 5.73 Å². The third-order valence-electron chi connectivity index (χ3n) is 4.19. The van der Waals surface area contributed by atoms with Gasteiger partial charge in [0.25, 0.3) is 5.91 Å². The number of hydrogen-bond acceptors (Lipinski definition) is 6. The van der Waals surface area contributed by atoms with Crippen molar-refractivity contribution in [3.63, 3.8) is 0 Å². The summed E-state index contributed by atoms with van der Waals surface area (Å²) in [4.78, 5) is 13.7. The minimum Gasteiger partial charge on any atom is -0.397 e. The number of nitrogens with zero attached hydrogens (tertiary/aromatic N) is 3. The minimum absolute atomic E-state index is 0.00932. The van der Waals surface area contributed by atoms with E-state index in [1.807, 2.05) is 18.2 Å². The van der Waals surface area contributed by atoms with Crippen molar-refractivity contribution >= 4 is 44.1 Å². The highest BCUT2D eigenvalue weighted by molar-refractivity contribution is 7.81. The third-order valence-corrected chi connectivity index (χ3v) is 6.34. The van der Waals surface area contributed by atoms with Gasteiger partial charge in [0.15, 0.2) is 0 Å². The standard InChI is InChI=1S/C14H19N5O2S2/c1-7-8(2)17-18-14-10(7)11(15)12(22-14)13(20)16-9-4-5-19(6-9)23(3)21/h9H,4-6,15H2,1-3H3,(H,16,20). The third kappa shape index (κ3) is 2.96. The molecule has 0 aliphatic carbocycles. The van der Waals surface area contributed by atoms with Crippen molar-refractivity contribution in [3.8, 4) is 0 Å². The number of nitrogens with two attached hydrogens (primary N) is 1. The fraction of sp³-hybridized carbons (Fsp3) is 0.500. The highest BCUT2D eigenvalue weighted by Gasteiger charge is 2.28. The molecule has 2 aromatic heterocycles. The molecule has 0 bridgehead atoms. The number of nitrogen functional groups attached to an aromatic ring is 1. The van der Waals surface area contributed by atoms with E-state index in [0.717, 1.165) is 29.6 Å². The molecule has 23 heavy (non-hydrogen) atoms. The summed E-state index contributed by atoms with van der Waals surface area (Å²) < 4.78 is 13.3. The Morgan fingerprint density at radius 1 is 1.43 bits per heavy atom. The normalized spacial score (nSPS) is 20.0. The molecule has 0 aromatic carbocycles. The van der Waals surface area contributed by atoms with Crippen LogP contribution in [-0.2, 0) is 11.0 Å². The second kappa shape index (κ2) is 6.14. The average molecular weight is 353 g/mol. The van der Waals surface area contributed by atoms with Gasteiger partial charge in [-0.3, -0.25) is 4.79 Å². The van der Waals surface area contributed by atoms with E-state index >= 15 is 0 Å². The van der Waals surface area contributed by atoms with Gasteiger partial charge in [0.1, 0.15) is 9.71 Å². The minimum atomic E-state index is -1.00. The maximum Gasteiger partial charge on any atom is 0.263 e. The predicted molar refractivity (Wildman–Crippen MR) is 92.8 cm³/mol. The lowest BCUT2D eigenvalue weighted by atomic mass is 10.1. The highest BCUT2D eigenvalue weighted by Crippen LogP contribution is 2.34. The number of rotatable bonds is 3. The van der Waals surface area contributed by atoms with Gasteiger partial charge in [0, 0.05) is 30.8 Å². The van der Waals surface area contributed by atoms with Gasteiger partial charge in [-0.05, 0) is 25.8 Å². The van der Waals surface area contributed by atoms with Gasteiger partial charge in [0.05, 0.1) is 22.4 Å². The van der Waals surface area contributed by atoms with Gasteiger partial charge < -0.3 is 11.1 Å². The van der Waals surface area contributed by atoms with E-state index in [1.165, 1.54) is 11.3 Å². The number of amides is 1. The number of nitrogens with one attached hydrogen (secondary N) is 1. The van der Waals surface area contributed by atoms with Crippen LogP contribution in [0.4, 0.5) is 5.69 Å². The van der Waals surface area contributed by atoms with Crippen LogP contribution in [0.1, 0.15) is 27.3 Å². The van der Waals surface area contributed by atoms with Gasteiger partial charge in [0.2, 0.25) is 0 Å². The zero-order valence-corrected chi connectivity index (χ0v) is 14.9. The lowest BCUT2D eigenvalue weighted by Crippen LogP contribution is -2.37. The fourth-order valence-electron chi connectivity index (χ4n) is 2.74. The molecule has 2 unspecified atom stereocenters. The topological polar surface area (TPSA) is 101 Å². The summed E-state index contributed by atoms with van der Waals surface area (Å²) in [6.07, 6.45) is 2.44. The van der Waals surface area contributed by atoms with Crippen molar-refractivity contribution in [3.05, 3.63) is 16.1 Å². The van der Waals surface area contributed by atoms with Gasteiger partial charge in [-0.1, -0.05) is 0 Å². The Hall–Kier alpha value is -1.58. The van der Waals surface area contributed by atoms with E-state index in [-0.39, 0.29) is 11.9 Å². The second-order valence-corrected chi connectivity index (χ2v) is 8.07. The average Bonchev–Trinajstić information content (AvgIpc) is 3.08. The monoisotopic (exact) mass is 353 g/mol. The molecule has 7 nitrogen and oxygen atoms in total. The number of hydrogen-bond donors (Lipinski definition) is 2. The summed E-state index contributed by atoms with van der Waals surface area (Å²) in [5, 5.41) is 12.0. The first-order valence-electron chi connectivity index (χ1n) is 7.29. The van der Waals surface area contributed by atoms with Crippen LogP contribution in [0.15, 0.2) is 0 Å². The summed E-state index contributed by atoms with van der Waals surface area (Å²) in [5.74, 6) is -0.198. The van der Waals surface area contributed by atoms with Crippen LogP contribution >= 0.6 is 11.3 Å². The summed E-state index contributed by atoms with van der Waals surface area (Å²) in [6.45, 7) is 5.12. The van der Waals surface area contributed by atoms with Crippen molar-refractivity contribution in [1.82, 2.24) is 19.8 Å². The Labute approximate surface area is 140 Å². The molecule has 2 atom stereocenters. The molecule has 2 aromatic rings. The molecule has 1 aliphatic rings. The van der Waals surface area contributed by atoms with Crippen molar-refractivity contribution in [2.24, 2.45) is 0 Å².